The standard InChI is InChI=1S/C17H25ClN2O/c1-17(2,3)19-9-12-5-4-6-15(18)16(12)20-10-13-7-8-14(11-20)21-13/h4-6,13-14,19H,7-11H2,1-3H3. The monoisotopic (exact) mass is 308 g/mol. The summed E-state index contributed by atoms with van der Waals surface area (Å²) in [7, 11) is 0. The summed E-state index contributed by atoms with van der Waals surface area (Å²) in [4.78, 5) is 2.42. The minimum Gasteiger partial charge on any atom is -0.371 e. The van der Waals surface area contributed by atoms with Gasteiger partial charge in [-0.1, -0.05) is 23.7 Å². The Morgan fingerprint density at radius 3 is 2.52 bits per heavy atom. The highest BCUT2D eigenvalue weighted by Crippen LogP contribution is 2.35. The molecule has 3 nitrogen and oxygen atoms in total. The van der Waals surface area contributed by atoms with Gasteiger partial charge in [-0.3, -0.25) is 0 Å². The Morgan fingerprint density at radius 2 is 1.90 bits per heavy atom. The summed E-state index contributed by atoms with van der Waals surface area (Å²) >= 11 is 6.52. The number of ether oxygens (including phenoxy) is 1. The highest BCUT2D eigenvalue weighted by molar-refractivity contribution is 6.33. The first-order valence-electron chi connectivity index (χ1n) is 7.85. The normalized spacial score (nSPS) is 25.4. The Morgan fingerprint density at radius 1 is 1.24 bits per heavy atom. The third-order valence-corrected chi connectivity index (χ3v) is 4.54. The van der Waals surface area contributed by atoms with Crippen LogP contribution in [-0.4, -0.2) is 30.8 Å². The first kappa shape index (κ1) is 15.1. The van der Waals surface area contributed by atoms with Gasteiger partial charge in [0, 0.05) is 25.2 Å². The average molecular weight is 309 g/mol. The van der Waals surface area contributed by atoms with Gasteiger partial charge < -0.3 is 15.0 Å². The average Bonchev–Trinajstić information content (AvgIpc) is 2.74. The largest absolute Gasteiger partial charge is 0.371 e. The zero-order valence-corrected chi connectivity index (χ0v) is 13.9. The minimum atomic E-state index is 0.101. The highest BCUT2D eigenvalue weighted by atomic mass is 35.5. The fourth-order valence-electron chi connectivity index (χ4n) is 3.21. The molecule has 3 rings (SSSR count). The second kappa shape index (κ2) is 5.79. The van der Waals surface area contributed by atoms with Crippen molar-refractivity contribution >= 4 is 17.3 Å². The maximum absolute atomic E-state index is 6.52. The van der Waals surface area contributed by atoms with Gasteiger partial charge in [0.25, 0.3) is 0 Å². The summed E-state index contributed by atoms with van der Waals surface area (Å²) in [5.74, 6) is 0. The van der Waals surface area contributed by atoms with E-state index < -0.39 is 0 Å². The zero-order chi connectivity index (χ0) is 15.0. The van der Waals surface area contributed by atoms with E-state index in [4.69, 9.17) is 16.3 Å². The first-order chi connectivity index (χ1) is 9.92. The summed E-state index contributed by atoms with van der Waals surface area (Å²) in [5, 5.41) is 4.42. The molecule has 2 aliphatic rings. The van der Waals surface area contributed by atoms with Gasteiger partial charge in [0.15, 0.2) is 0 Å². The van der Waals surface area contributed by atoms with Gasteiger partial charge in [-0.05, 0) is 45.2 Å². The van der Waals surface area contributed by atoms with Crippen molar-refractivity contribution in [3.63, 3.8) is 0 Å². The van der Waals surface area contributed by atoms with E-state index in [1.54, 1.807) is 0 Å². The lowest BCUT2D eigenvalue weighted by atomic mass is 10.1. The van der Waals surface area contributed by atoms with Crippen molar-refractivity contribution in [2.45, 2.75) is 57.9 Å². The Kier molecular flexibility index (Phi) is 4.17. The second-order valence-corrected chi connectivity index (χ2v) is 7.62. The molecule has 0 aromatic heterocycles. The van der Waals surface area contributed by atoms with Crippen LogP contribution in [0.15, 0.2) is 18.2 Å². The van der Waals surface area contributed by atoms with Crippen molar-refractivity contribution in [3.05, 3.63) is 28.8 Å². The number of hydrogen-bond acceptors (Lipinski definition) is 3. The molecule has 0 aliphatic carbocycles. The molecule has 4 heteroatoms. The Hall–Kier alpha value is -0.770. The number of nitrogens with zero attached hydrogens (tertiary/aromatic N) is 1. The van der Waals surface area contributed by atoms with Crippen molar-refractivity contribution in [1.29, 1.82) is 0 Å². The van der Waals surface area contributed by atoms with Crippen LogP contribution in [0.25, 0.3) is 0 Å². The molecule has 0 radical (unpaired) electrons. The number of benzene rings is 1. The van der Waals surface area contributed by atoms with Crippen molar-refractivity contribution < 1.29 is 4.74 Å². The van der Waals surface area contributed by atoms with E-state index in [0.717, 1.165) is 24.7 Å². The molecule has 21 heavy (non-hydrogen) atoms. The SMILES string of the molecule is CC(C)(C)NCc1cccc(Cl)c1N1CC2CCC(C1)O2. The van der Waals surface area contributed by atoms with Crippen molar-refractivity contribution in [1.82, 2.24) is 5.32 Å². The van der Waals surface area contributed by atoms with Crippen LogP contribution >= 0.6 is 11.6 Å². The molecular formula is C17H25ClN2O. The molecule has 0 saturated carbocycles. The first-order valence-corrected chi connectivity index (χ1v) is 8.23. The predicted molar refractivity (Wildman–Crippen MR) is 88.2 cm³/mol. The molecule has 2 saturated heterocycles. The van der Waals surface area contributed by atoms with E-state index in [0.29, 0.717) is 12.2 Å². The van der Waals surface area contributed by atoms with Crippen molar-refractivity contribution in [2.75, 3.05) is 18.0 Å². The number of rotatable bonds is 3. The lowest BCUT2D eigenvalue weighted by Crippen LogP contribution is -2.43. The summed E-state index contributed by atoms with van der Waals surface area (Å²) in [6, 6.07) is 6.22. The molecule has 2 atom stereocenters. The van der Waals surface area contributed by atoms with Crippen molar-refractivity contribution in [2.24, 2.45) is 0 Å². The van der Waals surface area contributed by atoms with Gasteiger partial charge in [-0.25, -0.2) is 0 Å². The molecule has 116 valence electrons. The summed E-state index contributed by atoms with van der Waals surface area (Å²) in [5.41, 5.74) is 2.57. The fourth-order valence-corrected chi connectivity index (χ4v) is 3.53. The highest BCUT2D eigenvalue weighted by Gasteiger charge is 2.35. The molecule has 2 unspecified atom stereocenters. The molecule has 2 aliphatic heterocycles. The topological polar surface area (TPSA) is 24.5 Å². The summed E-state index contributed by atoms with van der Waals surface area (Å²) in [6.45, 7) is 9.32. The number of hydrogen-bond donors (Lipinski definition) is 1. The molecular weight excluding hydrogens is 284 g/mol. The molecule has 0 spiro atoms. The Bertz CT molecular complexity index is 500. The molecule has 0 amide bonds. The number of nitrogens with one attached hydrogen (secondary N) is 1. The van der Waals surface area contributed by atoms with Gasteiger partial charge in [0.05, 0.1) is 22.9 Å². The smallest absolute Gasteiger partial charge is 0.0755 e. The van der Waals surface area contributed by atoms with Gasteiger partial charge >= 0.3 is 0 Å². The quantitative estimate of drug-likeness (QED) is 0.923. The van der Waals surface area contributed by atoms with E-state index in [1.165, 1.54) is 24.1 Å². The van der Waals surface area contributed by atoms with E-state index in [1.807, 2.05) is 12.1 Å². The van der Waals surface area contributed by atoms with Crippen LogP contribution in [0.4, 0.5) is 5.69 Å². The Balaban J connectivity index is 1.83. The molecule has 2 bridgehead atoms. The van der Waals surface area contributed by atoms with Gasteiger partial charge in [0.1, 0.15) is 0 Å². The number of morpholine rings is 1. The van der Waals surface area contributed by atoms with E-state index in [-0.39, 0.29) is 5.54 Å². The summed E-state index contributed by atoms with van der Waals surface area (Å²) in [6.07, 6.45) is 3.12. The molecule has 2 heterocycles. The zero-order valence-electron chi connectivity index (χ0n) is 13.2. The van der Waals surface area contributed by atoms with Crippen LogP contribution in [0.1, 0.15) is 39.2 Å². The third-order valence-electron chi connectivity index (χ3n) is 4.24. The minimum absolute atomic E-state index is 0.101. The molecule has 1 aromatic rings. The van der Waals surface area contributed by atoms with Crippen LogP contribution in [0.3, 0.4) is 0 Å². The number of fused-ring (bicyclic) bond motifs is 2. The maximum Gasteiger partial charge on any atom is 0.0755 e. The van der Waals surface area contributed by atoms with E-state index in [9.17, 15) is 0 Å². The molecule has 2 fully saturated rings. The van der Waals surface area contributed by atoms with E-state index in [2.05, 4.69) is 37.1 Å². The van der Waals surface area contributed by atoms with Crippen LogP contribution in [0.2, 0.25) is 5.02 Å². The Labute approximate surface area is 132 Å². The maximum atomic E-state index is 6.52. The van der Waals surface area contributed by atoms with Gasteiger partial charge in [-0.15, -0.1) is 0 Å². The third kappa shape index (κ3) is 3.53. The van der Waals surface area contributed by atoms with Crippen molar-refractivity contribution in [3.8, 4) is 0 Å². The van der Waals surface area contributed by atoms with Crippen LogP contribution in [-0.2, 0) is 11.3 Å². The number of para-hydroxylation sites is 1. The van der Waals surface area contributed by atoms with Crippen LogP contribution in [0.5, 0.6) is 0 Å². The van der Waals surface area contributed by atoms with E-state index >= 15 is 0 Å². The lowest BCUT2D eigenvalue weighted by Gasteiger charge is -2.36. The number of halogens is 1. The van der Waals surface area contributed by atoms with Crippen LogP contribution < -0.4 is 10.2 Å². The van der Waals surface area contributed by atoms with Gasteiger partial charge in [0.2, 0.25) is 0 Å². The molecule has 1 N–H and O–H groups in total. The predicted octanol–water partition coefficient (Wildman–Crippen LogP) is 3.60. The summed E-state index contributed by atoms with van der Waals surface area (Å²) < 4.78 is 5.94. The number of anilines is 1. The van der Waals surface area contributed by atoms with Gasteiger partial charge in [-0.2, -0.15) is 0 Å². The molecule has 1 aromatic carbocycles. The van der Waals surface area contributed by atoms with Crippen LogP contribution in [0, 0.1) is 0 Å². The lowest BCUT2D eigenvalue weighted by molar-refractivity contribution is 0.0304. The second-order valence-electron chi connectivity index (χ2n) is 7.21. The fraction of sp³-hybridized carbons (Fsp3) is 0.647.